The van der Waals surface area contributed by atoms with Gasteiger partial charge in [-0.3, -0.25) is 0 Å². The fourth-order valence-electron chi connectivity index (χ4n) is 5.96. The van der Waals surface area contributed by atoms with Gasteiger partial charge in [-0.2, -0.15) is 13.2 Å². The van der Waals surface area contributed by atoms with Gasteiger partial charge in [-0.1, -0.05) is 23.7 Å². The maximum Gasteiger partial charge on any atom is 0.416 e. The zero-order valence-electron chi connectivity index (χ0n) is 15.3. The van der Waals surface area contributed by atoms with Crippen molar-refractivity contribution in [2.75, 3.05) is 5.32 Å². The van der Waals surface area contributed by atoms with Crippen molar-refractivity contribution in [1.29, 1.82) is 0 Å². The molecule has 0 saturated heterocycles. The molecule has 0 unspecified atom stereocenters. The molecule has 1 aliphatic heterocycles. The molecule has 0 spiro atoms. The van der Waals surface area contributed by atoms with Crippen molar-refractivity contribution in [3.05, 3.63) is 63.7 Å². The number of carboxylic acids is 1. The second kappa shape index (κ2) is 6.39. The molecule has 2 aromatic rings. The number of hydrogen-bond acceptors (Lipinski definition) is 2. The van der Waals surface area contributed by atoms with Crippen LogP contribution in [0.2, 0.25) is 5.02 Å². The van der Waals surface area contributed by atoms with Gasteiger partial charge < -0.3 is 10.4 Å². The number of halogens is 4. The SMILES string of the molecule is O=C(O)c1cc(Cl)cc2c1N[C@H](c1cccc(C(F)(F)F)c1)[C@@H]1[C@H]3CC[C@@H](C3)[C@@H]21. The van der Waals surface area contributed by atoms with E-state index < -0.39 is 17.7 Å². The summed E-state index contributed by atoms with van der Waals surface area (Å²) in [6.07, 6.45) is -1.27. The van der Waals surface area contributed by atoms with Gasteiger partial charge in [0.2, 0.25) is 0 Å². The largest absolute Gasteiger partial charge is 0.478 e. The van der Waals surface area contributed by atoms with Crippen molar-refractivity contribution in [2.24, 2.45) is 17.8 Å². The van der Waals surface area contributed by atoms with Gasteiger partial charge in [0.05, 0.1) is 22.9 Å². The molecule has 5 atom stereocenters. The van der Waals surface area contributed by atoms with Gasteiger partial charge in [0, 0.05) is 5.02 Å². The van der Waals surface area contributed by atoms with Gasteiger partial charge in [0.1, 0.15) is 0 Å². The van der Waals surface area contributed by atoms with Crippen molar-refractivity contribution in [3.63, 3.8) is 0 Å². The number of alkyl halides is 3. The minimum atomic E-state index is -4.42. The minimum absolute atomic E-state index is 0.0747. The first-order valence-electron chi connectivity index (χ1n) is 9.74. The number of aromatic carboxylic acids is 1. The molecule has 2 bridgehead atoms. The molecular weight excluding hydrogens is 403 g/mol. The lowest BCUT2D eigenvalue weighted by atomic mass is 9.67. The Morgan fingerprint density at radius 1 is 1.14 bits per heavy atom. The summed E-state index contributed by atoms with van der Waals surface area (Å²) in [5.74, 6) is -0.0245. The van der Waals surface area contributed by atoms with Crippen molar-refractivity contribution in [3.8, 4) is 0 Å². The lowest BCUT2D eigenvalue weighted by molar-refractivity contribution is -0.137. The van der Waals surface area contributed by atoms with Crippen LogP contribution in [0.1, 0.15) is 58.3 Å². The Morgan fingerprint density at radius 3 is 2.62 bits per heavy atom. The van der Waals surface area contributed by atoms with E-state index in [1.165, 1.54) is 18.2 Å². The fourth-order valence-corrected chi connectivity index (χ4v) is 6.19. The number of anilines is 1. The molecule has 2 aliphatic carbocycles. The average molecular weight is 422 g/mol. The Morgan fingerprint density at radius 2 is 1.90 bits per heavy atom. The number of rotatable bonds is 2. The van der Waals surface area contributed by atoms with Gasteiger partial charge >= 0.3 is 12.1 Å². The van der Waals surface area contributed by atoms with Crippen LogP contribution in [0.4, 0.5) is 18.9 Å². The molecule has 0 aromatic heterocycles. The Labute approximate surface area is 170 Å². The molecule has 5 rings (SSSR count). The van der Waals surface area contributed by atoms with Gasteiger partial charge in [-0.25, -0.2) is 4.79 Å². The summed E-state index contributed by atoms with van der Waals surface area (Å²) in [5, 5.41) is 13.4. The zero-order chi connectivity index (χ0) is 20.5. The summed E-state index contributed by atoms with van der Waals surface area (Å²) in [7, 11) is 0. The van der Waals surface area contributed by atoms with Crippen molar-refractivity contribution >= 4 is 23.3 Å². The van der Waals surface area contributed by atoms with Crippen molar-refractivity contribution < 1.29 is 23.1 Å². The molecule has 0 radical (unpaired) electrons. The third kappa shape index (κ3) is 2.91. The third-order valence-electron chi connectivity index (χ3n) is 6.96. The highest BCUT2D eigenvalue weighted by Gasteiger charge is 2.54. The van der Waals surface area contributed by atoms with E-state index in [1.54, 1.807) is 6.07 Å². The fraction of sp³-hybridized carbons (Fsp3) is 0.409. The van der Waals surface area contributed by atoms with Crippen molar-refractivity contribution in [1.82, 2.24) is 0 Å². The number of carboxylic acid groups (broad SMARTS) is 1. The second-order valence-corrected chi connectivity index (χ2v) is 8.84. The Hall–Kier alpha value is -2.21. The van der Waals surface area contributed by atoms with Crippen LogP contribution in [0, 0.1) is 17.8 Å². The highest BCUT2D eigenvalue weighted by atomic mass is 35.5. The number of nitrogens with one attached hydrogen (secondary N) is 1. The standard InChI is InChI=1S/C22H19ClF3NO2/c23-14-8-15-17-10-4-5-11(6-10)18(17)19(27-20(15)16(9-14)21(28)29)12-2-1-3-13(7-12)22(24,25)26/h1-3,7-11,17-19,27H,4-6H2,(H,28,29)/t10-,11-,17-,18+,19+/m0/s1. The van der Waals surface area contributed by atoms with Crippen LogP contribution in [0.25, 0.3) is 0 Å². The summed E-state index contributed by atoms with van der Waals surface area (Å²) >= 11 is 6.23. The lowest BCUT2D eigenvalue weighted by Crippen LogP contribution is -2.36. The third-order valence-corrected chi connectivity index (χ3v) is 7.18. The Balaban J connectivity index is 1.67. The van der Waals surface area contributed by atoms with E-state index in [0.29, 0.717) is 28.1 Å². The van der Waals surface area contributed by atoms with Crippen LogP contribution in [-0.4, -0.2) is 11.1 Å². The lowest BCUT2D eigenvalue weighted by Gasteiger charge is -2.44. The Kier molecular flexibility index (Phi) is 4.14. The molecule has 3 nitrogen and oxygen atoms in total. The molecule has 1 heterocycles. The van der Waals surface area contributed by atoms with Crippen LogP contribution in [0.5, 0.6) is 0 Å². The molecule has 2 N–H and O–H groups in total. The van der Waals surface area contributed by atoms with E-state index in [4.69, 9.17) is 11.6 Å². The maximum atomic E-state index is 13.3. The summed E-state index contributed by atoms with van der Waals surface area (Å²) in [5.41, 5.74) is 1.34. The smallest absolute Gasteiger partial charge is 0.416 e. The van der Waals surface area contributed by atoms with Crippen LogP contribution in [0.3, 0.4) is 0 Å². The van der Waals surface area contributed by atoms with Crippen LogP contribution in [-0.2, 0) is 6.18 Å². The quantitative estimate of drug-likeness (QED) is 0.593. The van der Waals surface area contributed by atoms with Crippen LogP contribution >= 0.6 is 11.6 Å². The highest BCUT2D eigenvalue weighted by molar-refractivity contribution is 6.31. The molecule has 2 aromatic carbocycles. The van der Waals surface area contributed by atoms with Crippen LogP contribution < -0.4 is 5.32 Å². The van der Waals surface area contributed by atoms with E-state index >= 15 is 0 Å². The molecule has 3 aliphatic rings. The molecule has 7 heteroatoms. The highest BCUT2D eigenvalue weighted by Crippen LogP contribution is 2.64. The Bertz CT molecular complexity index is 1010. The van der Waals surface area contributed by atoms with Gasteiger partial charge in [-0.05, 0) is 78.3 Å². The topological polar surface area (TPSA) is 49.3 Å². The zero-order valence-corrected chi connectivity index (χ0v) is 16.1. The predicted octanol–water partition coefficient (Wildman–Crippen LogP) is 6.35. The predicted molar refractivity (Wildman–Crippen MR) is 103 cm³/mol. The summed E-state index contributed by atoms with van der Waals surface area (Å²) in [4.78, 5) is 11.9. The normalized spacial score (nSPS) is 29.9. The van der Waals surface area contributed by atoms with Gasteiger partial charge in [0.15, 0.2) is 0 Å². The second-order valence-electron chi connectivity index (χ2n) is 8.40. The van der Waals surface area contributed by atoms with E-state index in [2.05, 4.69) is 5.32 Å². The molecule has 152 valence electrons. The van der Waals surface area contributed by atoms with Gasteiger partial charge in [0.25, 0.3) is 0 Å². The molecule has 0 amide bonds. The average Bonchev–Trinajstić information content (AvgIpc) is 3.28. The first-order valence-corrected chi connectivity index (χ1v) is 10.1. The minimum Gasteiger partial charge on any atom is -0.478 e. The maximum absolute atomic E-state index is 13.3. The van der Waals surface area contributed by atoms with E-state index in [1.807, 2.05) is 6.07 Å². The van der Waals surface area contributed by atoms with E-state index in [-0.39, 0.29) is 23.4 Å². The van der Waals surface area contributed by atoms with Crippen molar-refractivity contribution in [2.45, 2.75) is 37.4 Å². The first kappa shape index (κ1) is 18.8. The molecule has 2 fully saturated rings. The number of hydrogen-bond donors (Lipinski definition) is 2. The number of carbonyl (C=O) groups is 1. The molecular formula is C22H19ClF3NO2. The summed E-state index contributed by atoms with van der Waals surface area (Å²) in [6.45, 7) is 0. The monoisotopic (exact) mass is 421 g/mol. The summed E-state index contributed by atoms with van der Waals surface area (Å²) < 4.78 is 39.9. The van der Waals surface area contributed by atoms with Gasteiger partial charge in [-0.15, -0.1) is 0 Å². The summed E-state index contributed by atoms with van der Waals surface area (Å²) in [6, 6.07) is 8.28. The number of fused-ring (bicyclic) bond motifs is 7. The first-order chi connectivity index (χ1) is 13.7. The van der Waals surface area contributed by atoms with E-state index in [9.17, 15) is 23.1 Å². The van der Waals surface area contributed by atoms with Crippen LogP contribution in [0.15, 0.2) is 36.4 Å². The number of benzene rings is 2. The van der Waals surface area contributed by atoms with E-state index in [0.717, 1.165) is 30.9 Å². The molecule has 29 heavy (non-hydrogen) atoms. The molecule has 2 saturated carbocycles.